The molecule has 23 heavy (non-hydrogen) atoms. The summed E-state index contributed by atoms with van der Waals surface area (Å²) in [5.41, 5.74) is 8.76. The van der Waals surface area contributed by atoms with Crippen LogP contribution < -0.4 is 5.73 Å². The van der Waals surface area contributed by atoms with Gasteiger partial charge in [0.25, 0.3) is 5.69 Å². The van der Waals surface area contributed by atoms with Crippen LogP contribution in [0.3, 0.4) is 0 Å². The molecule has 3 N–H and O–H groups in total. The minimum absolute atomic E-state index is 0.0553. The topological polar surface area (TPSA) is 114 Å². The highest BCUT2D eigenvalue weighted by Crippen LogP contribution is 2.37. The molecule has 0 aliphatic rings. The Kier molecular flexibility index (Phi) is 5.02. The summed E-state index contributed by atoms with van der Waals surface area (Å²) in [5.74, 6) is 0. The molecule has 0 aromatic heterocycles. The van der Waals surface area contributed by atoms with Gasteiger partial charge in [-0.25, -0.2) is 0 Å². The molecule has 0 amide bonds. The lowest BCUT2D eigenvalue weighted by atomic mass is 10.0. The number of hydrogen-bond acceptors (Lipinski definition) is 6. The van der Waals surface area contributed by atoms with Gasteiger partial charge in [0.05, 0.1) is 16.3 Å². The van der Waals surface area contributed by atoms with Crippen LogP contribution in [0.15, 0.2) is 40.6 Å². The fourth-order valence-corrected chi connectivity index (χ4v) is 2.24. The highest BCUT2D eigenvalue weighted by molar-refractivity contribution is 5.74. The molecule has 0 spiro atoms. The van der Waals surface area contributed by atoms with Crippen LogP contribution >= 0.6 is 0 Å². The van der Waals surface area contributed by atoms with Gasteiger partial charge in [-0.15, -0.1) is 0 Å². The summed E-state index contributed by atoms with van der Waals surface area (Å²) >= 11 is 0. The summed E-state index contributed by atoms with van der Waals surface area (Å²) in [6.45, 7) is 3.37. The van der Waals surface area contributed by atoms with Crippen LogP contribution in [0.25, 0.3) is 0 Å². The zero-order chi connectivity index (χ0) is 17.0. The second-order valence-corrected chi connectivity index (χ2v) is 5.16. The van der Waals surface area contributed by atoms with E-state index < -0.39 is 4.92 Å². The number of nitrogen functional groups attached to an aromatic ring is 1. The summed E-state index contributed by atoms with van der Waals surface area (Å²) < 4.78 is 0. The van der Waals surface area contributed by atoms with Gasteiger partial charge in [-0.1, -0.05) is 18.2 Å². The van der Waals surface area contributed by atoms with Gasteiger partial charge in [-0.2, -0.15) is 10.2 Å². The largest absolute Gasteiger partial charge is 0.396 e. The van der Waals surface area contributed by atoms with Crippen molar-refractivity contribution in [3.05, 3.63) is 57.1 Å². The van der Waals surface area contributed by atoms with Crippen molar-refractivity contribution in [2.45, 2.75) is 20.3 Å². The second-order valence-electron chi connectivity index (χ2n) is 5.16. The molecule has 120 valence electrons. The molecule has 2 aromatic rings. The number of aliphatic hydroxyl groups excluding tert-OH is 1. The second kappa shape index (κ2) is 6.97. The van der Waals surface area contributed by atoms with E-state index in [1.807, 2.05) is 31.2 Å². The first-order chi connectivity index (χ1) is 11.0. The van der Waals surface area contributed by atoms with Crippen molar-refractivity contribution < 1.29 is 10.0 Å². The third-order valence-electron chi connectivity index (χ3n) is 3.60. The van der Waals surface area contributed by atoms with Gasteiger partial charge in [0.15, 0.2) is 0 Å². The van der Waals surface area contributed by atoms with E-state index in [1.165, 1.54) is 0 Å². The molecule has 0 fully saturated rings. The van der Waals surface area contributed by atoms with E-state index >= 15 is 0 Å². The maximum Gasteiger partial charge on any atom is 0.295 e. The minimum Gasteiger partial charge on any atom is -0.396 e. The first-order valence-electron chi connectivity index (χ1n) is 7.10. The Morgan fingerprint density at radius 3 is 2.48 bits per heavy atom. The predicted molar refractivity (Wildman–Crippen MR) is 88.4 cm³/mol. The van der Waals surface area contributed by atoms with E-state index in [-0.39, 0.29) is 24.4 Å². The van der Waals surface area contributed by atoms with Crippen LogP contribution in [0, 0.1) is 24.0 Å². The molecule has 0 atom stereocenters. The van der Waals surface area contributed by atoms with Crippen LogP contribution in [0.1, 0.15) is 16.7 Å². The number of aliphatic hydroxyl groups is 1. The van der Waals surface area contributed by atoms with Gasteiger partial charge in [0.1, 0.15) is 5.69 Å². The molecule has 7 nitrogen and oxygen atoms in total. The van der Waals surface area contributed by atoms with Gasteiger partial charge in [-0.05, 0) is 31.5 Å². The number of hydrogen-bond donors (Lipinski definition) is 2. The maximum absolute atomic E-state index is 11.2. The number of nitro groups is 1. The fourth-order valence-electron chi connectivity index (χ4n) is 2.24. The summed E-state index contributed by atoms with van der Waals surface area (Å²) in [6, 6.07) is 9.07. The summed E-state index contributed by atoms with van der Waals surface area (Å²) in [6.07, 6.45) is 0.133. The highest BCUT2D eigenvalue weighted by Gasteiger charge is 2.22. The van der Waals surface area contributed by atoms with Crippen LogP contribution in [0.4, 0.5) is 22.7 Å². The molecule has 2 rings (SSSR count). The van der Waals surface area contributed by atoms with Crippen molar-refractivity contribution in [2.24, 2.45) is 10.2 Å². The fraction of sp³-hybridized carbons (Fsp3) is 0.250. The Morgan fingerprint density at radius 2 is 1.87 bits per heavy atom. The Hall–Kier alpha value is -2.80. The molecule has 2 aromatic carbocycles. The van der Waals surface area contributed by atoms with E-state index in [1.54, 1.807) is 13.0 Å². The summed E-state index contributed by atoms with van der Waals surface area (Å²) in [7, 11) is 0. The van der Waals surface area contributed by atoms with Crippen molar-refractivity contribution >= 4 is 22.7 Å². The smallest absolute Gasteiger partial charge is 0.295 e. The summed E-state index contributed by atoms with van der Waals surface area (Å²) in [4.78, 5) is 10.7. The van der Waals surface area contributed by atoms with Gasteiger partial charge in [0, 0.05) is 24.2 Å². The highest BCUT2D eigenvalue weighted by atomic mass is 16.6. The van der Waals surface area contributed by atoms with Crippen LogP contribution in [-0.2, 0) is 6.42 Å². The number of azo groups is 1. The van der Waals surface area contributed by atoms with Crippen molar-refractivity contribution in [3.63, 3.8) is 0 Å². The van der Waals surface area contributed by atoms with Crippen LogP contribution in [0.5, 0.6) is 0 Å². The van der Waals surface area contributed by atoms with E-state index in [9.17, 15) is 10.1 Å². The molecule has 0 bridgehead atoms. The molecule has 0 unspecified atom stereocenters. The molecule has 0 radical (unpaired) electrons. The van der Waals surface area contributed by atoms with Gasteiger partial charge in [-0.3, -0.25) is 10.1 Å². The summed E-state index contributed by atoms with van der Waals surface area (Å²) in [5, 5.41) is 28.7. The standard InChI is InChI=1S/C16H18N4O3/c1-10-5-3-4-6-13(10)18-19-14-9-12(7-8-21)16(20(22)23)15(17)11(14)2/h3-6,9,21H,7-8,17H2,1-2H3. The number of nitro benzene ring substituents is 1. The first kappa shape index (κ1) is 16.6. The van der Waals surface area contributed by atoms with E-state index in [0.29, 0.717) is 22.5 Å². The Labute approximate surface area is 133 Å². The van der Waals surface area contributed by atoms with Gasteiger partial charge < -0.3 is 10.8 Å². The number of benzene rings is 2. The maximum atomic E-state index is 11.2. The van der Waals surface area contributed by atoms with Crippen LogP contribution in [-0.4, -0.2) is 16.6 Å². The predicted octanol–water partition coefficient (Wildman–Crippen LogP) is 3.74. The molecular weight excluding hydrogens is 296 g/mol. The quantitative estimate of drug-likeness (QED) is 0.378. The van der Waals surface area contributed by atoms with Crippen molar-refractivity contribution in [1.29, 1.82) is 0 Å². The molecule has 7 heteroatoms. The Morgan fingerprint density at radius 1 is 1.22 bits per heavy atom. The third-order valence-corrected chi connectivity index (χ3v) is 3.60. The van der Waals surface area contributed by atoms with Crippen molar-refractivity contribution in [3.8, 4) is 0 Å². The van der Waals surface area contributed by atoms with E-state index in [2.05, 4.69) is 10.2 Å². The monoisotopic (exact) mass is 314 g/mol. The van der Waals surface area contributed by atoms with Gasteiger partial charge in [0.2, 0.25) is 0 Å². The first-order valence-corrected chi connectivity index (χ1v) is 7.10. The molecule has 0 saturated heterocycles. The number of nitrogens with two attached hydrogens (primary N) is 1. The number of nitrogens with zero attached hydrogens (tertiary/aromatic N) is 3. The third kappa shape index (κ3) is 3.51. The average Bonchev–Trinajstić information content (AvgIpc) is 2.50. The lowest BCUT2D eigenvalue weighted by Gasteiger charge is -2.09. The van der Waals surface area contributed by atoms with E-state index in [4.69, 9.17) is 10.8 Å². The normalized spacial score (nSPS) is 11.1. The molecule has 0 saturated carbocycles. The molecule has 0 heterocycles. The van der Waals surface area contributed by atoms with Crippen LogP contribution in [0.2, 0.25) is 0 Å². The lowest BCUT2D eigenvalue weighted by molar-refractivity contribution is -0.384. The minimum atomic E-state index is -0.532. The van der Waals surface area contributed by atoms with Crippen molar-refractivity contribution in [2.75, 3.05) is 12.3 Å². The SMILES string of the molecule is Cc1ccccc1N=Nc1cc(CCO)c([N+](=O)[O-])c(N)c1C. The van der Waals surface area contributed by atoms with Crippen molar-refractivity contribution in [1.82, 2.24) is 0 Å². The Bertz CT molecular complexity index is 772. The molecule has 0 aliphatic heterocycles. The number of rotatable bonds is 5. The van der Waals surface area contributed by atoms with Gasteiger partial charge >= 0.3 is 0 Å². The Balaban J connectivity index is 2.51. The molecule has 0 aliphatic carbocycles. The zero-order valence-electron chi connectivity index (χ0n) is 13.0. The average molecular weight is 314 g/mol. The zero-order valence-corrected chi connectivity index (χ0v) is 13.0. The number of aryl methyl sites for hydroxylation is 1. The van der Waals surface area contributed by atoms with E-state index in [0.717, 1.165) is 5.56 Å². The lowest BCUT2D eigenvalue weighted by Crippen LogP contribution is -2.04. The number of anilines is 1. The molecular formula is C16H18N4O3.